The summed E-state index contributed by atoms with van der Waals surface area (Å²) in [6.07, 6.45) is 8.33. The summed E-state index contributed by atoms with van der Waals surface area (Å²) in [6, 6.07) is 6.17. The Morgan fingerprint density at radius 3 is 2.79 bits per heavy atom. The molecule has 0 heteroatoms. The van der Waals surface area contributed by atoms with Crippen molar-refractivity contribution >= 4 is 0 Å². The highest BCUT2D eigenvalue weighted by molar-refractivity contribution is 5.53. The van der Waals surface area contributed by atoms with Gasteiger partial charge in [-0.3, -0.25) is 0 Å². The maximum atomic E-state index is 5.52. The molecular formula is C14H15. The molecule has 0 fully saturated rings. The topological polar surface area (TPSA) is 0 Å². The fourth-order valence-corrected chi connectivity index (χ4v) is 1.50. The van der Waals surface area contributed by atoms with Crippen LogP contribution in [0.25, 0.3) is 0 Å². The number of hydrogen-bond donors (Lipinski definition) is 0. The fourth-order valence-electron chi connectivity index (χ4n) is 1.50. The molecule has 71 valence electrons. The van der Waals surface area contributed by atoms with E-state index in [0.717, 1.165) is 23.5 Å². The van der Waals surface area contributed by atoms with Gasteiger partial charge in [0.25, 0.3) is 0 Å². The summed E-state index contributed by atoms with van der Waals surface area (Å²) >= 11 is 0. The van der Waals surface area contributed by atoms with E-state index in [1.165, 1.54) is 5.56 Å². The van der Waals surface area contributed by atoms with Gasteiger partial charge in [0.1, 0.15) is 0 Å². The molecule has 0 saturated heterocycles. The van der Waals surface area contributed by atoms with Crippen LogP contribution in [0.5, 0.6) is 0 Å². The Morgan fingerprint density at radius 2 is 2.29 bits per heavy atom. The number of hydrogen-bond acceptors (Lipinski definition) is 0. The lowest BCUT2D eigenvalue weighted by molar-refractivity contribution is 1.11. The lowest BCUT2D eigenvalue weighted by Crippen LogP contribution is -1.98. The molecule has 0 heterocycles. The fraction of sp³-hybridized carbons (Fsp3) is 0.214. The van der Waals surface area contributed by atoms with Gasteiger partial charge in [-0.05, 0) is 17.5 Å². The molecule has 0 aliphatic heterocycles. The van der Waals surface area contributed by atoms with Crippen LogP contribution in [0.1, 0.15) is 30.5 Å². The Balaban J connectivity index is 3.30. The SMILES string of the molecule is C#Cc1c(CC)cccc1[C](C)C=C. The van der Waals surface area contributed by atoms with Gasteiger partial charge in [-0.1, -0.05) is 44.0 Å². The highest BCUT2D eigenvalue weighted by Crippen LogP contribution is 2.22. The van der Waals surface area contributed by atoms with Gasteiger partial charge >= 0.3 is 0 Å². The van der Waals surface area contributed by atoms with Crippen molar-refractivity contribution < 1.29 is 0 Å². The maximum absolute atomic E-state index is 5.52. The summed E-state index contributed by atoms with van der Waals surface area (Å²) < 4.78 is 0. The third kappa shape index (κ3) is 1.88. The minimum Gasteiger partial charge on any atom is -0.115 e. The van der Waals surface area contributed by atoms with Gasteiger partial charge in [-0.2, -0.15) is 0 Å². The summed E-state index contributed by atoms with van der Waals surface area (Å²) in [7, 11) is 0. The molecule has 0 amide bonds. The maximum Gasteiger partial charge on any atom is 0.0315 e. The summed E-state index contributed by atoms with van der Waals surface area (Å²) in [6.45, 7) is 7.91. The smallest absolute Gasteiger partial charge is 0.0315 e. The van der Waals surface area contributed by atoms with Crippen LogP contribution in [0.4, 0.5) is 0 Å². The Morgan fingerprint density at radius 1 is 1.57 bits per heavy atom. The Bertz CT molecular complexity index is 366. The van der Waals surface area contributed by atoms with E-state index in [1.54, 1.807) is 0 Å². The Kier molecular flexibility index (Phi) is 3.54. The van der Waals surface area contributed by atoms with Crippen LogP contribution in [-0.4, -0.2) is 0 Å². The lowest BCUT2D eigenvalue weighted by atomic mass is 9.92. The summed E-state index contributed by atoms with van der Waals surface area (Å²) in [5.74, 6) is 3.89. The van der Waals surface area contributed by atoms with Crippen molar-refractivity contribution in [2.45, 2.75) is 20.3 Å². The quantitative estimate of drug-likeness (QED) is 0.630. The van der Waals surface area contributed by atoms with Gasteiger partial charge in [0, 0.05) is 11.5 Å². The zero-order chi connectivity index (χ0) is 10.6. The van der Waals surface area contributed by atoms with Gasteiger partial charge in [-0.15, -0.1) is 13.0 Å². The van der Waals surface area contributed by atoms with Crippen LogP contribution < -0.4 is 0 Å². The average Bonchev–Trinajstić information content (AvgIpc) is 2.26. The third-order valence-corrected chi connectivity index (χ3v) is 2.41. The molecule has 0 nitrogen and oxygen atoms in total. The molecule has 0 bridgehead atoms. The summed E-state index contributed by atoms with van der Waals surface area (Å²) in [4.78, 5) is 0. The van der Waals surface area contributed by atoms with E-state index in [2.05, 4.69) is 25.5 Å². The second-order valence-electron chi connectivity index (χ2n) is 3.22. The van der Waals surface area contributed by atoms with Crippen molar-refractivity contribution in [3.8, 4) is 12.3 Å². The number of aryl methyl sites for hydroxylation is 1. The van der Waals surface area contributed by atoms with Crippen molar-refractivity contribution in [3.63, 3.8) is 0 Å². The van der Waals surface area contributed by atoms with Crippen LogP contribution in [0.15, 0.2) is 30.9 Å². The molecule has 1 radical (unpaired) electrons. The first-order valence-corrected chi connectivity index (χ1v) is 4.79. The van der Waals surface area contributed by atoms with Crippen molar-refractivity contribution in [3.05, 3.63) is 53.5 Å². The minimum atomic E-state index is 0.970. The predicted octanol–water partition coefficient (Wildman–Crippen LogP) is 3.36. The lowest BCUT2D eigenvalue weighted by Gasteiger charge is -2.11. The third-order valence-electron chi connectivity index (χ3n) is 2.41. The zero-order valence-corrected chi connectivity index (χ0v) is 8.80. The van der Waals surface area contributed by atoms with Gasteiger partial charge < -0.3 is 0 Å². The normalized spacial score (nSPS) is 9.86. The van der Waals surface area contributed by atoms with Crippen molar-refractivity contribution in [1.29, 1.82) is 0 Å². The molecule has 1 aromatic rings. The van der Waals surface area contributed by atoms with Crippen LogP contribution in [0.3, 0.4) is 0 Å². The van der Waals surface area contributed by atoms with Crippen molar-refractivity contribution in [2.75, 3.05) is 0 Å². The summed E-state index contributed by atoms with van der Waals surface area (Å²) in [5, 5.41) is 0. The first kappa shape index (κ1) is 10.6. The largest absolute Gasteiger partial charge is 0.115 e. The molecule has 14 heavy (non-hydrogen) atoms. The second-order valence-corrected chi connectivity index (χ2v) is 3.22. The molecular weight excluding hydrogens is 168 g/mol. The van der Waals surface area contributed by atoms with E-state index in [0.29, 0.717) is 0 Å². The van der Waals surface area contributed by atoms with E-state index in [-0.39, 0.29) is 0 Å². The predicted molar refractivity (Wildman–Crippen MR) is 62.0 cm³/mol. The van der Waals surface area contributed by atoms with E-state index in [4.69, 9.17) is 6.42 Å². The van der Waals surface area contributed by atoms with E-state index >= 15 is 0 Å². The first-order chi connectivity index (χ1) is 6.74. The molecule has 0 aliphatic carbocycles. The highest BCUT2D eigenvalue weighted by Gasteiger charge is 2.09. The molecule has 0 atom stereocenters. The molecule has 0 N–H and O–H groups in total. The molecule has 0 unspecified atom stereocenters. The first-order valence-electron chi connectivity index (χ1n) is 4.79. The van der Waals surface area contributed by atoms with Crippen molar-refractivity contribution in [1.82, 2.24) is 0 Å². The second kappa shape index (κ2) is 4.67. The monoisotopic (exact) mass is 183 g/mol. The van der Waals surface area contributed by atoms with Crippen LogP contribution in [0, 0.1) is 18.3 Å². The van der Waals surface area contributed by atoms with Crippen LogP contribution in [-0.2, 0) is 6.42 Å². The van der Waals surface area contributed by atoms with Gasteiger partial charge in [0.15, 0.2) is 0 Å². The van der Waals surface area contributed by atoms with Gasteiger partial charge in [0.2, 0.25) is 0 Å². The molecule has 0 spiro atoms. The Hall–Kier alpha value is -1.48. The molecule has 0 aromatic heterocycles. The number of rotatable bonds is 3. The van der Waals surface area contributed by atoms with Gasteiger partial charge in [0.05, 0.1) is 0 Å². The van der Waals surface area contributed by atoms with E-state index in [9.17, 15) is 0 Å². The zero-order valence-electron chi connectivity index (χ0n) is 8.80. The average molecular weight is 183 g/mol. The highest BCUT2D eigenvalue weighted by atomic mass is 14.1. The number of benzene rings is 1. The Labute approximate surface area is 86.7 Å². The summed E-state index contributed by atoms with van der Waals surface area (Å²) in [5.41, 5.74) is 3.36. The minimum absolute atomic E-state index is 0.970. The molecule has 1 aromatic carbocycles. The molecule has 0 aliphatic rings. The van der Waals surface area contributed by atoms with Crippen molar-refractivity contribution in [2.24, 2.45) is 0 Å². The molecule has 1 rings (SSSR count). The van der Waals surface area contributed by atoms with Crippen LogP contribution >= 0.6 is 0 Å². The van der Waals surface area contributed by atoms with Gasteiger partial charge in [-0.25, -0.2) is 0 Å². The van der Waals surface area contributed by atoms with E-state index in [1.807, 2.05) is 25.1 Å². The van der Waals surface area contributed by atoms with E-state index < -0.39 is 0 Å². The molecule has 0 saturated carbocycles. The van der Waals surface area contributed by atoms with Crippen LogP contribution in [0.2, 0.25) is 0 Å². The number of allylic oxidation sites excluding steroid dienone is 1. The standard InChI is InChI=1S/C14H15/c1-5-11(4)14-10-8-9-12(6-2)13(14)7-3/h3,5,8-10H,1,6H2,2,4H3. The number of terminal acetylenes is 1.